The summed E-state index contributed by atoms with van der Waals surface area (Å²) in [6.07, 6.45) is 0. The van der Waals surface area contributed by atoms with E-state index in [1.165, 1.54) is 24.1 Å². The van der Waals surface area contributed by atoms with E-state index in [1.54, 1.807) is 14.0 Å². The number of aryl methyl sites for hydroxylation is 1. The van der Waals surface area contributed by atoms with Gasteiger partial charge >= 0.3 is 0 Å². The second-order valence-corrected chi connectivity index (χ2v) is 5.09. The number of hydrogen-bond donors (Lipinski definition) is 0. The highest BCUT2D eigenvalue weighted by molar-refractivity contribution is 5.91. The van der Waals surface area contributed by atoms with Crippen LogP contribution in [0, 0.1) is 18.6 Å². The van der Waals surface area contributed by atoms with Crippen molar-refractivity contribution in [1.82, 2.24) is 9.97 Å². The highest BCUT2D eigenvalue weighted by atomic mass is 19.2. The van der Waals surface area contributed by atoms with Crippen LogP contribution in [0.1, 0.15) is 5.82 Å². The Morgan fingerprint density at radius 3 is 2.48 bits per heavy atom. The first-order valence-electron chi connectivity index (χ1n) is 7.02. The van der Waals surface area contributed by atoms with Gasteiger partial charge in [-0.3, -0.25) is 0 Å². The number of ether oxygens (including phenoxy) is 1. The van der Waals surface area contributed by atoms with Crippen molar-refractivity contribution in [2.24, 2.45) is 0 Å². The van der Waals surface area contributed by atoms with Crippen LogP contribution < -0.4 is 9.64 Å². The van der Waals surface area contributed by atoms with Crippen molar-refractivity contribution in [1.29, 1.82) is 0 Å². The molecular weight excluding hydrogens is 300 g/mol. The fourth-order valence-electron chi connectivity index (χ4n) is 2.48. The molecule has 4 nitrogen and oxygen atoms in total. The van der Waals surface area contributed by atoms with Gasteiger partial charge in [0.05, 0.1) is 18.3 Å². The number of anilines is 2. The third kappa shape index (κ3) is 2.56. The summed E-state index contributed by atoms with van der Waals surface area (Å²) in [6.45, 7) is 1.76. The molecule has 6 heteroatoms. The number of hydrogen-bond acceptors (Lipinski definition) is 4. The Labute approximate surface area is 132 Å². The molecule has 0 aliphatic carbocycles. The fourth-order valence-corrected chi connectivity index (χ4v) is 2.48. The summed E-state index contributed by atoms with van der Waals surface area (Å²) in [5.41, 5.74) is 0.822. The van der Waals surface area contributed by atoms with E-state index in [-0.39, 0.29) is 11.4 Å². The molecule has 0 amide bonds. The summed E-state index contributed by atoms with van der Waals surface area (Å²) < 4.78 is 33.1. The number of para-hydroxylation sites is 1. The van der Waals surface area contributed by atoms with Crippen molar-refractivity contribution in [2.75, 3.05) is 19.1 Å². The lowest BCUT2D eigenvalue weighted by Crippen LogP contribution is -2.15. The number of benzene rings is 2. The predicted octanol–water partition coefficient (Wildman–Crippen LogP) is 3.99. The van der Waals surface area contributed by atoms with Crippen LogP contribution in [0.4, 0.5) is 20.3 Å². The molecule has 2 aromatic carbocycles. The first-order valence-corrected chi connectivity index (χ1v) is 7.02. The number of nitrogens with zero attached hydrogens (tertiary/aromatic N) is 3. The van der Waals surface area contributed by atoms with Gasteiger partial charge in [0.25, 0.3) is 0 Å². The molecule has 1 aromatic heterocycles. The molecule has 0 unspecified atom stereocenters. The average molecular weight is 315 g/mol. The first kappa shape index (κ1) is 15.1. The molecule has 0 spiro atoms. The third-order valence-corrected chi connectivity index (χ3v) is 3.62. The minimum Gasteiger partial charge on any atom is -0.494 e. The van der Waals surface area contributed by atoms with Crippen molar-refractivity contribution in [3.05, 3.63) is 53.9 Å². The molecule has 0 saturated carbocycles. The molecule has 0 radical (unpaired) electrons. The molecule has 1 heterocycles. The van der Waals surface area contributed by atoms with Crippen LogP contribution in [0.3, 0.4) is 0 Å². The summed E-state index contributed by atoms with van der Waals surface area (Å²) in [5.74, 6) is -1.07. The first-order chi connectivity index (χ1) is 11.0. The number of rotatable bonds is 3. The molecular formula is C17H15F2N3O. The van der Waals surface area contributed by atoms with E-state index in [4.69, 9.17) is 4.74 Å². The van der Waals surface area contributed by atoms with E-state index >= 15 is 0 Å². The van der Waals surface area contributed by atoms with Gasteiger partial charge in [-0.05, 0) is 31.2 Å². The van der Waals surface area contributed by atoms with Crippen molar-refractivity contribution < 1.29 is 13.5 Å². The van der Waals surface area contributed by atoms with Gasteiger partial charge in [0, 0.05) is 12.4 Å². The molecule has 0 bridgehead atoms. The Balaban J connectivity index is 2.18. The lowest BCUT2D eigenvalue weighted by atomic mass is 10.2. The summed E-state index contributed by atoms with van der Waals surface area (Å²) in [7, 11) is 2.93. The van der Waals surface area contributed by atoms with E-state index < -0.39 is 11.6 Å². The van der Waals surface area contributed by atoms with Crippen LogP contribution in [0.25, 0.3) is 10.9 Å². The minimum absolute atomic E-state index is 0.0755. The van der Waals surface area contributed by atoms with Crippen LogP contribution in [-0.2, 0) is 0 Å². The van der Waals surface area contributed by atoms with Gasteiger partial charge in [-0.2, -0.15) is 4.39 Å². The van der Waals surface area contributed by atoms with Crippen molar-refractivity contribution in [3.8, 4) is 5.75 Å². The molecule has 23 heavy (non-hydrogen) atoms. The Morgan fingerprint density at radius 2 is 1.74 bits per heavy atom. The average Bonchev–Trinajstić information content (AvgIpc) is 2.56. The monoisotopic (exact) mass is 315 g/mol. The largest absolute Gasteiger partial charge is 0.494 e. The Bertz CT molecular complexity index is 883. The molecule has 3 rings (SSSR count). The number of fused-ring (bicyclic) bond motifs is 1. The topological polar surface area (TPSA) is 38.2 Å². The zero-order chi connectivity index (χ0) is 16.6. The van der Waals surface area contributed by atoms with Gasteiger partial charge in [-0.15, -0.1) is 0 Å². The van der Waals surface area contributed by atoms with Gasteiger partial charge in [0.1, 0.15) is 11.6 Å². The van der Waals surface area contributed by atoms with Crippen LogP contribution in [0.5, 0.6) is 5.75 Å². The van der Waals surface area contributed by atoms with Crippen LogP contribution in [0.15, 0.2) is 36.4 Å². The number of aromatic nitrogens is 2. The van der Waals surface area contributed by atoms with Gasteiger partial charge in [-0.1, -0.05) is 12.1 Å². The highest BCUT2D eigenvalue weighted by Gasteiger charge is 2.20. The van der Waals surface area contributed by atoms with Gasteiger partial charge in [-0.25, -0.2) is 14.4 Å². The lowest BCUT2D eigenvalue weighted by Gasteiger charge is -2.21. The molecule has 0 aliphatic heterocycles. The van der Waals surface area contributed by atoms with Crippen LogP contribution >= 0.6 is 0 Å². The molecule has 0 fully saturated rings. The Morgan fingerprint density at radius 1 is 1.00 bits per heavy atom. The standard InChI is InChI=1S/C17H15F2N3O/c1-10-20-12-7-5-4-6-11(12)17(21-10)22(2)13-8-9-14(23-3)16(19)15(13)18/h4-9H,1-3H3. The van der Waals surface area contributed by atoms with Crippen molar-refractivity contribution >= 4 is 22.4 Å². The van der Waals surface area contributed by atoms with Crippen LogP contribution in [0.2, 0.25) is 0 Å². The third-order valence-electron chi connectivity index (χ3n) is 3.62. The second-order valence-electron chi connectivity index (χ2n) is 5.09. The van der Waals surface area contributed by atoms with E-state index in [2.05, 4.69) is 9.97 Å². The predicted molar refractivity (Wildman–Crippen MR) is 85.2 cm³/mol. The van der Waals surface area contributed by atoms with Gasteiger partial charge in [0.15, 0.2) is 11.6 Å². The summed E-state index contributed by atoms with van der Waals surface area (Å²) in [4.78, 5) is 10.2. The van der Waals surface area contributed by atoms with Crippen LogP contribution in [-0.4, -0.2) is 24.1 Å². The van der Waals surface area contributed by atoms with Gasteiger partial charge < -0.3 is 9.64 Å². The molecule has 0 aliphatic rings. The maximum atomic E-state index is 14.3. The zero-order valence-corrected chi connectivity index (χ0v) is 13.0. The maximum Gasteiger partial charge on any atom is 0.202 e. The summed E-state index contributed by atoms with van der Waals surface area (Å²) in [6, 6.07) is 10.3. The lowest BCUT2D eigenvalue weighted by molar-refractivity contribution is 0.372. The van der Waals surface area contributed by atoms with Gasteiger partial charge in [0.2, 0.25) is 5.82 Å². The highest BCUT2D eigenvalue weighted by Crippen LogP contribution is 2.33. The van der Waals surface area contributed by atoms with E-state index in [1.807, 2.05) is 24.3 Å². The SMILES string of the molecule is COc1ccc(N(C)c2nc(C)nc3ccccc23)c(F)c1F. The quantitative estimate of drug-likeness (QED) is 0.732. The molecule has 0 N–H and O–H groups in total. The van der Waals surface area contributed by atoms with E-state index in [0.717, 1.165) is 10.9 Å². The minimum atomic E-state index is -1.02. The van der Waals surface area contributed by atoms with E-state index in [0.29, 0.717) is 11.6 Å². The normalized spacial score (nSPS) is 10.8. The smallest absolute Gasteiger partial charge is 0.202 e. The zero-order valence-electron chi connectivity index (χ0n) is 13.0. The Hall–Kier alpha value is -2.76. The summed E-state index contributed by atoms with van der Waals surface area (Å²) in [5, 5.41) is 0.760. The number of methoxy groups -OCH3 is 1. The Kier molecular flexibility index (Phi) is 3.82. The molecule has 3 aromatic rings. The van der Waals surface area contributed by atoms with Crippen molar-refractivity contribution in [3.63, 3.8) is 0 Å². The fraction of sp³-hybridized carbons (Fsp3) is 0.176. The molecule has 118 valence electrons. The van der Waals surface area contributed by atoms with E-state index in [9.17, 15) is 8.78 Å². The maximum absolute atomic E-state index is 14.3. The molecule has 0 atom stereocenters. The second kappa shape index (κ2) is 5.79. The number of halogens is 2. The summed E-state index contributed by atoms with van der Waals surface area (Å²) >= 11 is 0. The van der Waals surface area contributed by atoms with Crippen molar-refractivity contribution in [2.45, 2.75) is 6.92 Å². The molecule has 0 saturated heterocycles.